The van der Waals surface area contributed by atoms with E-state index in [1.807, 2.05) is 35.2 Å². The molecule has 3 aromatic rings. The number of aryl methyl sites for hydroxylation is 2. The number of hydrogen-bond acceptors (Lipinski definition) is 2. The number of amides is 1. The number of hydrogen-bond donors (Lipinski definition) is 0. The third-order valence-electron chi connectivity index (χ3n) is 4.52. The molecule has 0 unspecified atom stereocenters. The molecule has 2 heterocycles. The van der Waals surface area contributed by atoms with Crippen molar-refractivity contribution in [1.29, 1.82) is 0 Å². The van der Waals surface area contributed by atoms with E-state index in [0.717, 1.165) is 30.8 Å². The van der Waals surface area contributed by atoms with Crippen molar-refractivity contribution in [2.75, 3.05) is 11.4 Å². The number of halogens is 1. The average molecular weight is 352 g/mol. The molecule has 1 aliphatic rings. The highest BCUT2D eigenvalue weighted by molar-refractivity contribution is 6.30. The summed E-state index contributed by atoms with van der Waals surface area (Å²) >= 11 is 5.92. The Bertz CT molecular complexity index is 930. The summed E-state index contributed by atoms with van der Waals surface area (Å²) in [6, 6.07) is 13.6. The second kappa shape index (κ2) is 6.37. The van der Waals surface area contributed by atoms with Gasteiger partial charge in [-0.15, -0.1) is 0 Å². The van der Waals surface area contributed by atoms with Crippen molar-refractivity contribution in [2.24, 2.45) is 0 Å². The first kappa shape index (κ1) is 15.9. The lowest BCUT2D eigenvalue weighted by atomic mass is 9.99. The molecule has 4 nitrogen and oxygen atoms in total. The van der Waals surface area contributed by atoms with E-state index >= 15 is 0 Å². The fourth-order valence-electron chi connectivity index (χ4n) is 3.26. The molecular formula is C20H18ClN3O. The second-order valence-corrected chi connectivity index (χ2v) is 6.78. The van der Waals surface area contributed by atoms with Gasteiger partial charge < -0.3 is 4.90 Å². The van der Waals surface area contributed by atoms with E-state index < -0.39 is 0 Å². The molecular weight excluding hydrogens is 334 g/mol. The number of carbonyl (C=O) groups is 1. The third-order valence-corrected chi connectivity index (χ3v) is 4.77. The van der Waals surface area contributed by atoms with Crippen molar-refractivity contribution in [1.82, 2.24) is 9.78 Å². The zero-order valence-electron chi connectivity index (χ0n) is 13.9. The Morgan fingerprint density at radius 3 is 2.76 bits per heavy atom. The first-order valence-electron chi connectivity index (χ1n) is 8.34. The zero-order valence-corrected chi connectivity index (χ0v) is 14.7. The van der Waals surface area contributed by atoms with E-state index in [1.165, 1.54) is 11.1 Å². The molecule has 0 saturated heterocycles. The summed E-state index contributed by atoms with van der Waals surface area (Å²) in [5.41, 5.74) is 4.94. The second-order valence-electron chi connectivity index (χ2n) is 6.34. The lowest BCUT2D eigenvalue weighted by Gasteiger charge is -2.29. The molecule has 25 heavy (non-hydrogen) atoms. The Balaban J connectivity index is 1.63. The molecule has 0 aliphatic carbocycles. The summed E-state index contributed by atoms with van der Waals surface area (Å²) in [4.78, 5) is 14.9. The van der Waals surface area contributed by atoms with Crippen molar-refractivity contribution in [2.45, 2.75) is 19.8 Å². The lowest BCUT2D eigenvalue weighted by Crippen LogP contribution is -2.35. The first-order chi connectivity index (χ1) is 12.1. The topological polar surface area (TPSA) is 38.1 Å². The molecule has 5 heteroatoms. The summed E-state index contributed by atoms with van der Waals surface area (Å²) in [6.07, 6.45) is 5.39. The van der Waals surface area contributed by atoms with Gasteiger partial charge in [0.25, 0.3) is 5.91 Å². The highest BCUT2D eigenvalue weighted by Gasteiger charge is 2.24. The fraction of sp³-hybridized carbons (Fsp3) is 0.200. The minimum absolute atomic E-state index is 0.00924. The van der Waals surface area contributed by atoms with Crippen LogP contribution in [0, 0.1) is 6.92 Å². The summed E-state index contributed by atoms with van der Waals surface area (Å²) in [5, 5.41) is 5.00. The van der Waals surface area contributed by atoms with E-state index in [9.17, 15) is 4.79 Å². The highest BCUT2D eigenvalue weighted by Crippen LogP contribution is 2.29. The highest BCUT2D eigenvalue weighted by atomic mass is 35.5. The Kier molecular flexibility index (Phi) is 4.06. The molecule has 0 atom stereocenters. The summed E-state index contributed by atoms with van der Waals surface area (Å²) in [6.45, 7) is 2.82. The minimum Gasteiger partial charge on any atom is -0.308 e. The van der Waals surface area contributed by atoms with Gasteiger partial charge in [-0.05, 0) is 55.7 Å². The Labute approximate surface area is 151 Å². The van der Waals surface area contributed by atoms with Gasteiger partial charge in [0.15, 0.2) is 0 Å². The first-order valence-corrected chi connectivity index (χ1v) is 8.71. The number of nitrogens with zero attached hydrogens (tertiary/aromatic N) is 3. The van der Waals surface area contributed by atoms with Crippen molar-refractivity contribution in [3.8, 4) is 5.69 Å². The molecule has 2 aromatic carbocycles. The van der Waals surface area contributed by atoms with Crippen molar-refractivity contribution >= 4 is 23.2 Å². The Morgan fingerprint density at radius 1 is 1.16 bits per heavy atom. The van der Waals surface area contributed by atoms with E-state index in [-0.39, 0.29) is 5.91 Å². The summed E-state index contributed by atoms with van der Waals surface area (Å²) in [5.74, 6) is -0.00924. The van der Waals surface area contributed by atoms with Crippen LogP contribution in [0.1, 0.15) is 27.9 Å². The van der Waals surface area contributed by atoms with Gasteiger partial charge in [0, 0.05) is 23.5 Å². The quantitative estimate of drug-likeness (QED) is 0.685. The number of aromatic nitrogens is 2. The van der Waals surface area contributed by atoms with Crippen LogP contribution in [0.5, 0.6) is 0 Å². The van der Waals surface area contributed by atoms with E-state index in [1.54, 1.807) is 17.1 Å². The zero-order chi connectivity index (χ0) is 17.4. The van der Waals surface area contributed by atoms with Gasteiger partial charge in [-0.25, -0.2) is 4.68 Å². The van der Waals surface area contributed by atoms with Crippen LogP contribution in [0.3, 0.4) is 0 Å². The molecule has 1 aliphatic heterocycles. The van der Waals surface area contributed by atoms with Gasteiger partial charge in [0.05, 0.1) is 17.4 Å². The predicted molar refractivity (Wildman–Crippen MR) is 99.8 cm³/mol. The van der Waals surface area contributed by atoms with Gasteiger partial charge in [0.2, 0.25) is 0 Å². The molecule has 0 bridgehead atoms. The van der Waals surface area contributed by atoms with Crippen molar-refractivity contribution < 1.29 is 4.79 Å². The normalized spacial score (nSPS) is 13.6. The van der Waals surface area contributed by atoms with Gasteiger partial charge in [-0.3, -0.25) is 4.79 Å². The molecule has 1 amide bonds. The van der Waals surface area contributed by atoms with Crippen LogP contribution in [0.25, 0.3) is 5.69 Å². The standard InChI is InChI=1S/C20H18ClN3O/c1-14-4-9-19-15(11-14)3-2-10-23(19)20(25)16-12-22-24(13-16)18-7-5-17(21)6-8-18/h4-9,11-13H,2-3,10H2,1H3. The number of anilines is 1. The minimum atomic E-state index is -0.00924. The third kappa shape index (κ3) is 3.05. The van der Waals surface area contributed by atoms with Crippen LogP contribution >= 0.6 is 11.6 Å². The van der Waals surface area contributed by atoms with E-state index in [0.29, 0.717) is 10.6 Å². The molecule has 4 rings (SSSR count). The van der Waals surface area contributed by atoms with E-state index in [2.05, 4.69) is 24.2 Å². The molecule has 126 valence electrons. The van der Waals surface area contributed by atoms with Crippen LogP contribution < -0.4 is 4.90 Å². The average Bonchev–Trinajstić information content (AvgIpc) is 3.11. The predicted octanol–water partition coefficient (Wildman–Crippen LogP) is 4.43. The monoisotopic (exact) mass is 351 g/mol. The number of carbonyl (C=O) groups excluding carboxylic acids is 1. The molecule has 1 aromatic heterocycles. The van der Waals surface area contributed by atoms with Crippen molar-refractivity contribution in [3.63, 3.8) is 0 Å². The molecule has 0 fully saturated rings. The van der Waals surface area contributed by atoms with Crippen LogP contribution in [0.4, 0.5) is 5.69 Å². The SMILES string of the molecule is Cc1ccc2c(c1)CCCN2C(=O)c1cnn(-c2ccc(Cl)cc2)c1. The number of fused-ring (bicyclic) bond motifs is 1. The summed E-state index contributed by atoms with van der Waals surface area (Å²) < 4.78 is 1.70. The Hall–Kier alpha value is -2.59. The molecule has 0 saturated carbocycles. The molecule has 0 N–H and O–H groups in total. The van der Waals surface area contributed by atoms with Gasteiger partial charge in [-0.1, -0.05) is 29.3 Å². The molecule has 0 radical (unpaired) electrons. The van der Waals surface area contributed by atoms with Gasteiger partial charge in [-0.2, -0.15) is 5.10 Å². The maximum atomic E-state index is 13.0. The van der Waals surface area contributed by atoms with Crippen molar-refractivity contribution in [3.05, 3.63) is 76.6 Å². The number of benzene rings is 2. The fourth-order valence-corrected chi connectivity index (χ4v) is 3.39. The summed E-state index contributed by atoms with van der Waals surface area (Å²) in [7, 11) is 0. The van der Waals surface area contributed by atoms with Gasteiger partial charge in [0.1, 0.15) is 0 Å². The molecule has 0 spiro atoms. The smallest absolute Gasteiger partial charge is 0.261 e. The largest absolute Gasteiger partial charge is 0.308 e. The van der Waals surface area contributed by atoms with Crippen LogP contribution in [0.15, 0.2) is 54.9 Å². The van der Waals surface area contributed by atoms with E-state index in [4.69, 9.17) is 11.6 Å². The van der Waals surface area contributed by atoms with Crippen LogP contribution in [-0.4, -0.2) is 22.2 Å². The van der Waals surface area contributed by atoms with Crippen LogP contribution in [0.2, 0.25) is 5.02 Å². The Morgan fingerprint density at radius 2 is 1.96 bits per heavy atom. The van der Waals surface area contributed by atoms with Gasteiger partial charge >= 0.3 is 0 Å². The maximum absolute atomic E-state index is 13.0. The number of rotatable bonds is 2. The van der Waals surface area contributed by atoms with Crippen LogP contribution in [-0.2, 0) is 6.42 Å². The lowest BCUT2D eigenvalue weighted by molar-refractivity contribution is 0.0985. The maximum Gasteiger partial charge on any atom is 0.261 e.